The topological polar surface area (TPSA) is 197 Å². The zero-order valence-corrected chi connectivity index (χ0v) is 8.09. The van der Waals surface area contributed by atoms with Gasteiger partial charge < -0.3 is 30.6 Å². The van der Waals surface area contributed by atoms with Gasteiger partial charge in [0.1, 0.15) is 0 Å². The molecule has 0 aromatic carbocycles. The highest BCUT2D eigenvalue weighted by molar-refractivity contribution is 4.31. The molecule has 0 aromatic rings. The van der Waals surface area contributed by atoms with Gasteiger partial charge in [-0.15, -0.1) is 10.1 Å². The van der Waals surface area contributed by atoms with Crippen LogP contribution in [0.25, 0.3) is 0 Å². The lowest BCUT2D eigenvalue weighted by atomic mass is 10.7. The maximum absolute atomic E-state index is 9.51. The summed E-state index contributed by atoms with van der Waals surface area (Å²) in [5.74, 6) is 0. The fraction of sp³-hybridized carbons (Fsp3) is 1.00. The minimum atomic E-state index is -1.75. The summed E-state index contributed by atoms with van der Waals surface area (Å²) >= 11 is 0. The van der Waals surface area contributed by atoms with Crippen molar-refractivity contribution in [3.63, 3.8) is 0 Å². The van der Waals surface area contributed by atoms with Crippen LogP contribution in [0.5, 0.6) is 0 Å². The Balaban J connectivity index is -0.000000179. The third kappa shape index (κ3) is 102. The summed E-state index contributed by atoms with van der Waals surface area (Å²) in [5, 5.41) is 40.7. The summed E-state index contributed by atoms with van der Waals surface area (Å²) in [7, 11) is 1.58. The van der Waals surface area contributed by atoms with Gasteiger partial charge in [-0.25, -0.2) is 0 Å². The van der Waals surface area contributed by atoms with E-state index in [0.717, 1.165) is 0 Å². The van der Waals surface area contributed by atoms with Crippen molar-refractivity contribution in [1.29, 1.82) is 0 Å². The molecule has 0 amide bonds. The van der Waals surface area contributed by atoms with Gasteiger partial charge in [0.25, 0.3) is 5.09 Å². The molecule has 0 aliphatic heterocycles. The van der Waals surface area contributed by atoms with Gasteiger partial charge in [-0.3, -0.25) is 10.2 Å². The van der Waals surface area contributed by atoms with Crippen LogP contribution in [0.3, 0.4) is 0 Å². The molecule has 1 unspecified atom stereocenters. The molecule has 0 radical (unpaired) electrons. The van der Waals surface area contributed by atoms with Crippen LogP contribution >= 0.6 is 0 Å². The highest BCUT2D eigenvalue weighted by Gasteiger charge is 2.00. The number of hydrogen-bond acceptors (Lipinski definition) is 10. The number of nitrogens with one attached hydrogen (secondary N) is 1. The molecule has 1 N–H and O–H groups in total. The van der Waals surface area contributed by atoms with E-state index in [2.05, 4.69) is 10.2 Å². The Bertz CT molecular complexity index is 199. The molecule has 0 aromatic heterocycles. The van der Waals surface area contributed by atoms with Gasteiger partial charge >= 0.3 is 0 Å². The first-order chi connectivity index (χ1) is 7.13. The van der Waals surface area contributed by atoms with Crippen molar-refractivity contribution in [2.45, 2.75) is 13.2 Å². The van der Waals surface area contributed by atoms with E-state index >= 15 is 0 Å². The summed E-state index contributed by atoms with van der Waals surface area (Å²) in [4.78, 5) is 30.0. The Morgan fingerprint density at radius 2 is 1.25 bits per heavy atom. The number of nitrogens with zero attached hydrogens (tertiary/aromatic N) is 3. The van der Waals surface area contributed by atoms with E-state index in [1.807, 2.05) is 0 Å². The summed E-state index contributed by atoms with van der Waals surface area (Å²) < 4.78 is 0. The summed E-state index contributed by atoms with van der Waals surface area (Å²) in [5.41, 5.74) is 0. The van der Waals surface area contributed by atoms with Crippen molar-refractivity contribution >= 4 is 0 Å². The maximum atomic E-state index is 9.51. The minimum absolute atomic E-state index is 0.523. The van der Waals surface area contributed by atoms with Crippen molar-refractivity contribution in [2.75, 3.05) is 7.05 Å². The lowest BCUT2D eigenvalue weighted by Gasteiger charge is -2.04. The van der Waals surface area contributed by atoms with Gasteiger partial charge in [0.15, 0.2) is 6.23 Å². The molecule has 0 aliphatic carbocycles. The third-order valence-electron chi connectivity index (χ3n) is 0.651. The van der Waals surface area contributed by atoms with Crippen LogP contribution in [-0.4, -0.2) is 28.5 Å². The standard InChI is InChI=1S/C3H8N2O3.2NO3/c1-3(4-2)8-5(6)7;2*2-1(3)4/h3-4H,1-2H3;;/q;2*-1. The van der Waals surface area contributed by atoms with Crippen LogP contribution in [0.1, 0.15) is 6.92 Å². The molecule has 0 bridgehead atoms. The molecule has 16 heavy (non-hydrogen) atoms. The third-order valence-corrected chi connectivity index (χ3v) is 0.651. The average molecular weight is 244 g/mol. The predicted molar refractivity (Wildman–Crippen MR) is 47.3 cm³/mol. The van der Waals surface area contributed by atoms with E-state index in [1.54, 1.807) is 14.0 Å². The van der Waals surface area contributed by atoms with Crippen LogP contribution in [0.2, 0.25) is 0 Å². The van der Waals surface area contributed by atoms with Gasteiger partial charge in [0.2, 0.25) is 0 Å². The Morgan fingerprint density at radius 3 is 1.31 bits per heavy atom. The number of rotatable bonds is 3. The first kappa shape index (κ1) is 19.2. The van der Waals surface area contributed by atoms with E-state index in [0.29, 0.717) is 0 Å². The van der Waals surface area contributed by atoms with Crippen molar-refractivity contribution in [3.8, 4) is 0 Å². The lowest BCUT2D eigenvalue weighted by molar-refractivity contribution is -0.769. The molecule has 0 heterocycles. The summed E-state index contributed by atoms with van der Waals surface area (Å²) in [6, 6.07) is 0. The molecular formula is C3H8N4O9-2. The monoisotopic (exact) mass is 244 g/mol. The van der Waals surface area contributed by atoms with Gasteiger partial charge in [-0.2, -0.15) is 0 Å². The zero-order chi connectivity index (χ0) is 13.7. The first-order valence-electron chi connectivity index (χ1n) is 3.24. The second kappa shape index (κ2) is 12.6. The van der Waals surface area contributed by atoms with E-state index < -0.39 is 21.5 Å². The second-order valence-electron chi connectivity index (χ2n) is 1.71. The van der Waals surface area contributed by atoms with Crippen LogP contribution < -0.4 is 5.32 Å². The van der Waals surface area contributed by atoms with Gasteiger partial charge in [0.05, 0.1) is 10.2 Å². The van der Waals surface area contributed by atoms with E-state index in [1.165, 1.54) is 0 Å². The Labute approximate surface area is 87.6 Å². The molecule has 0 aliphatic rings. The fourth-order valence-electron chi connectivity index (χ4n) is 0.182. The molecule has 0 rings (SSSR count). The van der Waals surface area contributed by atoms with Crippen LogP contribution in [0, 0.1) is 40.8 Å². The molecular weight excluding hydrogens is 236 g/mol. The zero-order valence-electron chi connectivity index (χ0n) is 8.09. The first-order valence-corrected chi connectivity index (χ1v) is 3.24. The molecule has 96 valence electrons. The van der Waals surface area contributed by atoms with Crippen molar-refractivity contribution < 1.29 is 20.1 Å². The Kier molecular flexibility index (Phi) is 15.1. The molecule has 0 saturated heterocycles. The molecule has 1 atom stereocenters. The highest BCUT2D eigenvalue weighted by atomic mass is 17.0. The quantitative estimate of drug-likeness (QED) is 0.375. The van der Waals surface area contributed by atoms with Gasteiger partial charge in [-0.05, 0) is 14.0 Å². The highest BCUT2D eigenvalue weighted by Crippen LogP contribution is 1.81. The Morgan fingerprint density at radius 1 is 1.00 bits per heavy atom. The van der Waals surface area contributed by atoms with Crippen LogP contribution in [0.4, 0.5) is 0 Å². The van der Waals surface area contributed by atoms with Crippen LogP contribution in [-0.2, 0) is 4.84 Å². The number of hydrogen-bond donors (Lipinski definition) is 1. The van der Waals surface area contributed by atoms with Crippen LogP contribution in [0.15, 0.2) is 0 Å². The minimum Gasteiger partial charge on any atom is -0.356 e. The van der Waals surface area contributed by atoms with Gasteiger partial charge in [-0.1, -0.05) is 0 Å². The molecule has 0 fully saturated rings. The maximum Gasteiger partial charge on any atom is 0.296 e. The lowest BCUT2D eigenvalue weighted by Crippen LogP contribution is -2.26. The van der Waals surface area contributed by atoms with Crippen molar-refractivity contribution in [1.82, 2.24) is 5.32 Å². The molecule has 13 nitrogen and oxygen atoms in total. The predicted octanol–water partition coefficient (Wildman–Crippen LogP) is -0.718. The van der Waals surface area contributed by atoms with Crippen molar-refractivity contribution in [3.05, 3.63) is 40.8 Å². The smallest absolute Gasteiger partial charge is 0.296 e. The molecule has 0 spiro atoms. The van der Waals surface area contributed by atoms with E-state index in [9.17, 15) is 10.1 Å². The molecule has 0 saturated carbocycles. The SMILES string of the molecule is CNC(C)O[N+](=O)[O-].O=[N+]([O-])[O-].O=[N+]([O-])[O-]. The van der Waals surface area contributed by atoms with E-state index in [-0.39, 0.29) is 0 Å². The normalized spacial score (nSPS) is 9.38. The van der Waals surface area contributed by atoms with Crippen molar-refractivity contribution in [2.24, 2.45) is 0 Å². The Hall–Kier alpha value is -2.44. The largest absolute Gasteiger partial charge is 0.356 e. The average Bonchev–Trinajstić information content (AvgIpc) is 2.00. The summed E-state index contributed by atoms with van der Waals surface area (Å²) in [6.45, 7) is 1.54. The van der Waals surface area contributed by atoms with E-state index in [4.69, 9.17) is 30.6 Å². The summed E-state index contributed by atoms with van der Waals surface area (Å²) in [6.07, 6.45) is -0.523. The molecule has 13 heteroatoms. The van der Waals surface area contributed by atoms with Gasteiger partial charge in [0, 0.05) is 0 Å². The second-order valence-corrected chi connectivity index (χ2v) is 1.71. The fourth-order valence-corrected chi connectivity index (χ4v) is 0.182.